The summed E-state index contributed by atoms with van der Waals surface area (Å²) in [6.45, 7) is 0. The second-order valence-electron chi connectivity index (χ2n) is 2.29. The van der Waals surface area contributed by atoms with Gasteiger partial charge in [0.2, 0.25) is 5.65 Å². The highest BCUT2D eigenvalue weighted by Crippen LogP contribution is 2.10. The SMILES string of the molecule is Nc1ncnc2nnc(CCl)nc12. The lowest BCUT2D eigenvalue weighted by Gasteiger charge is -1.98. The highest BCUT2D eigenvalue weighted by molar-refractivity contribution is 6.16. The molecule has 0 saturated heterocycles. The number of hydrogen-bond donors (Lipinski definition) is 1. The fraction of sp³-hybridized carbons (Fsp3) is 0.167. The molecule has 6 nitrogen and oxygen atoms in total. The van der Waals surface area contributed by atoms with Gasteiger partial charge in [-0.3, -0.25) is 0 Å². The van der Waals surface area contributed by atoms with Gasteiger partial charge in [-0.05, 0) is 0 Å². The molecule has 0 amide bonds. The molecular weight excluding hydrogens is 192 g/mol. The van der Waals surface area contributed by atoms with Crippen LogP contribution < -0.4 is 5.73 Å². The van der Waals surface area contributed by atoms with Crippen LogP contribution in [0.15, 0.2) is 6.33 Å². The highest BCUT2D eigenvalue weighted by atomic mass is 35.5. The summed E-state index contributed by atoms with van der Waals surface area (Å²) in [6, 6.07) is 0. The highest BCUT2D eigenvalue weighted by Gasteiger charge is 2.04. The van der Waals surface area contributed by atoms with Gasteiger partial charge in [0.15, 0.2) is 17.2 Å². The third kappa shape index (κ3) is 1.35. The Balaban J connectivity index is 2.74. The van der Waals surface area contributed by atoms with E-state index in [1.807, 2.05) is 0 Å². The zero-order chi connectivity index (χ0) is 9.26. The number of nitrogens with two attached hydrogens (primary N) is 1. The molecule has 0 aliphatic carbocycles. The van der Waals surface area contributed by atoms with Crippen LogP contribution in [0.3, 0.4) is 0 Å². The maximum atomic E-state index is 5.56. The number of rotatable bonds is 1. The first-order valence-corrected chi connectivity index (χ1v) is 4.00. The topological polar surface area (TPSA) is 90.5 Å². The first-order valence-electron chi connectivity index (χ1n) is 3.47. The van der Waals surface area contributed by atoms with Crippen LogP contribution in [0.25, 0.3) is 11.2 Å². The maximum absolute atomic E-state index is 5.56. The van der Waals surface area contributed by atoms with E-state index < -0.39 is 0 Å². The Morgan fingerprint density at radius 1 is 1.31 bits per heavy atom. The van der Waals surface area contributed by atoms with E-state index in [4.69, 9.17) is 17.3 Å². The molecule has 0 radical (unpaired) electrons. The number of nitrogen functional groups attached to an aromatic ring is 1. The van der Waals surface area contributed by atoms with Gasteiger partial charge < -0.3 is 5.73 Å². The molecule has 0 aliphatic rings. The van der Waals surface area contributed by atoms with Crippen LogP contribution in [0.1, 0.15) is 5.82 Å². The average Bonchev–Trinajstić information content (AvgIpc) is 2.18. The summed E-state index contributed by atoms with van der Waals surface area (Å²) >= 11 is 5.53. The molecule has 0 aliphatic heterocycles. The van der Waals surface area contributed by atoms with Gasteiger partial charge >= 0.3 is 0 Å². The van der Waals surface area contributed by atoms with Crippen molar-refractivity contribution in [2.24, 2.45) is 0 Å². The van der Waals surface area contributed by atoms with Crippen molar-refractivity contribution in [1.82, 2.24) is 25.1 Å². The molecule has 0 bridgehead atoms. The van der Waals surface area contributed by atoms with Crippen molar-refractivity contribution in [1.29, 1.82) is 0 Å². The van der Waals surface area contributed by atoms with Gasteiger partial charge in [0, 0.05) is 0 Å². The van der Waals surface area contributed by atoms with Crippen LogP contribution in [0.4, 0.5) is 5.82 Å². The number of fused-ring (bicyclic) bond motifs is 1. The van der Waals surface area contributed by atoms with Crippen LogP contribution in [-0.4, -0.2) is 25.1 Å². The Morgan fingerprint density at radius 2 is 2.15 bits per heavy atom. The molecule has 0 unspecified atom stereocenters. The monoisotopic (exact) mass is 196 g/mol. The molecule has 66 valence electrons. The molecule has 2 heterocycles. The molecule has 7 heteroatoms. The van der Waals surface area contributed by atoms with Gasteiger partial charge in [-0.25, -0.2) is 15.0 Å². The van der Waals surface area contributed by atoms with E-state index in [1.54, 1.807) is 0 Å². The van der Waals surface area contributed by atoms with Crippen LogP contribution in [0.2, 0.25) is 0 Å². The van der Waals surface area contributed by atoms with Crippen molar-refractivity contribution < 1.29 is 0 Å². The standard InChI is InChI=1S/C6H5ClN6/c7-1-3-11-4-5(8)9-2-10-6(4)13-12-3/h2H,1H2,(H2,8,9,10,13). The summed E-state index contributed by atoms with van der Waals surface area (Å²) < 4.78 is 0. The zero-order valence-corrected chi connectivity index (χ0v) is 7.23. The van der Waals surface area contributed by atoms with Gasteiger partial charge in [-0.2, -0.15) is 0 Å². The second kappa shape index (κ2) is 3.06. The third-order valence-corrected chi connectivity index (χ3v) is 1.69. The molecule has 0 saturated carbocycles. The number of hydrogen-bond acceptors (Lipinski definition) is 6. The largest absolute Gasteiger partial charge is 0.382 e. The van der Waals surface area contributed by atoms with Crippen molar-refractivity contribution in [2.75, 3.05) is 5.73 Å². The predicted molar refractivity (Wildman–Crippen MR) is 46.9 cm³/mol. The summed E-state index contributed by atoms with van der Waals surface area (Å²) in [4.78, 5) is 11.7. The minimum absolute atomic E-state index is 0.192. The summed E-state index contributed by atoms with van der Waals surface area (Å²) in [5.74, 6) is 0.888. The van der Waals surface area contributed by atoms with Gasteiger partial charge in [0.25, 0.3) is 0 Å². The van der Waals surface area contributed by atoms with E-state index in [9.17, 15) is 0 Å². The Hall–Kier alpha value is -1.56. The molecule has 2 rings (SSSR count). The fourth-order valence-electron chi connectivity index (χ4n) is 0.876. The van der Waals surface area contributed by atoms with Crippen molar-refractivity contribution >= 4 is 28.6 Å². The minimum atomic E-state index is 0.192. The summed E-state index contributed by atoms with van der Waals surface area (Å²) in [6.07, 6.45) is 1.31. The van der Waals surface area contributed by atoms with E-state index >= 15 is 0 Å². The van der Waals surface area contributed by atoms with Crippen LogP contribution in [-0.2, 0) is 5.88 Å². The van der Waals surface area contributed by atoms with Gasteiger partial charge in [-0.15, -0.1) is 21.8 Å². The maximum Gasteiger partial charge on any atom is 0.205 e. The molecule has 13 heavy (non-hydrogen) atoms. The number of alkyl halides is 1. The third-order valence-electron chi connectivity index (χ3n) is 1.45. The first-order chi connectivity index (χ1) is 6.31. The lowest BCUT2D eigenvalue weighted by Crippen LogP contribution is -2.01. The second-order valence-corrected chi connectivity index (χ2v) is 2.56. The van der Waals surface area contributed by atoms with Crippen LogP contribution >= 0.6 is 11.6 Å². The van der Waals surface area contributed by atoms with E-state index in [0.29, 0.717) is 17.0 Å². The molecular formula is C6H5ClN6. The zero-order valence-electron chi connectivity index (χ0n) is 6.48. The molecule has 0 fully saturated rings. The average molecular weight is 197 g/mol. The first kappa shape index (κ1) is 8.06. The van der Waals surface area contributed by atoms with Gasteiger partial charge in [-0.1, -0.05) is 0 Å². The van der Waals surface area contributed by atoms with E-state index in [2.05, 4.69) is 25.1 Å². The Bertz CT molecular complexity index is 444. The molecule has 2 aromatic heterocycles. The summed E-state index contributed by atoms with van der Waals surface area (Å²) in [5.41, 5.74) is 6.37. The van der Waals surface area contributed by atoms with Gasteiger partial charge in [0.1, 0.15) is 6.33 Å². The summed E-state index contributed by atoms with van der Waals surface area (Å²) in [7, 11) is 0. The number of nitrogens with zero attached hydrogens (tertiary/aromatic N) is 5. The van der Waals surface area contributed by atoms with Gasteiger partial charge in [0.05, 0.1) is 5.88 Å². The Labute approximate surface area is 78.2 Å². The van der Waals surface area contributed by atoms with Crippen molar-refractivity contribution in [2.45, 2.75) is 5.88 Å². The smallest absolute Gasteiger partial charge is 0.205 e. The summed E-state index contributed by atoms with van der Waals surface area (Å²) in [5, 5.41) is 7.51. The number of aromatic nitrogens is 5. The Morgan fingerprint density at radius 3 is 2.92 bits per heavy atom. The lowest BCUT2D eigenvalue weighted by molar-refractivity contribution is 0.920. The minimum Gasteiger partial charge on any atom is -0.382 e. The molecule has 0 spiro atoms. The van der Waals surface area contributed by atoms with Crippen molar-refractivity contribution in [3.63, 3.8) is 0 Å². The van der Waals surface area contributed by atoms with Crippen LogP contribution in [0, 0.1) is 0 Å². The van der Waals surface area contributed by atoms with E-state index in [1.165, 1.54) is 6.33 Å². The molecule has 2 N–H and O–H groups in total. The van der Waals surface area contributed by atoms with E-state index in [-0.39, 0.29) is 11.7 Å². The van der Waals surface area contributed by atoms with Crippen molar-refractivity contribution in [3.8, 4) is 0 Å². The fourth-order valence-corrected chi connectivity index (χ4v) is 0.989. The normalized spacial score (nSPS) is 10.5. The molecule has 0 aromatic carbocycles. The van der Waals surface area contributed by atoms with Crippen LogP contribution in [0.5, 0.6) is 0 Å². The van der Waals surface area contributed by atoms with Crippen molar-refractivity contribution in [3.05, 3.63) is 12.2 Å². The van der Waals surface area contributed by atoms with E-state index in [0.717, 1.165) is 0 Å². The predicted octanol–water partition coefficient (Wildman–Crippen LogP) is 0.136. The number of halogens is 1. The quantitative estimate of drug-likeness (QED) is 0.653. The molecule has 0 atom stereocenters. The molecule has 2 aromatic rings. The Kier molecular flexibility index (Phi) is 1.90. The number of anilines is 1. The lowest BCUT2D eigenvalue weighted by atomic mass is 10.5.